The van der Waals surface area contributed by atoms with Crippen LogP contribution in [-0.4, -0.2) is 5.97 Å². The molecule has 0 radical (unpaired) electrons. The van der Waals surface area contributed by atoms with Crippen molar-refractivity contribution in [3.8, 4) is 0 Å². The van der Waals surface area contributed by atoms with Gasteiger partial charge in [0.25, 0.3) is 0 Å². The minimum atomic E-state index is -0.445. The highest BCUT2D eigenvalue weighted by molar-refractivity contribution is 5.89. The lowest BCUT2D eigenvalue weighted by molar-refractivity contribution is -0.146. The van der Waals surface area contributed by atoms with E-state index in [1.165, 1.54) is 10.8 Å². The molecule has 2 aromatic carbocycles. The molecule has 2 aromatic rings. The highest BCUT2D eigenvalue weighted by Crippen LogP contribution is 2.67. The Morgan fingerprint density at radius 3 is 2.84 bits per heavy atom. The molecule has 94 valence electrons. The fourth-order valence-electron chi connectivity index (χ4n) is 3.63. The Morgan fingerprint density at radius 2 is 2.00 bits per heavy atom. The predicted octanol–water partition coefficient (Wildman–Crippen LogP) is 3.41. The van der Waals surface area contributed by atoms with E-state index >= 15 is 0 Å². The molecule has 1 heterocycles. The van der Waals surface area contributed by atoms with Crippen LogP contribution in [0.3, 0.4) is 0 Å². The lowest BCUT2D eigenvalue weighted by Crippen LogP contribution is -2.15. The minimum absolute atomic E-state index is 0.0870. The maximum absolute atomic E-state index is 11.6. The SMILES string of the molecule is C=C[C@H]1C2CC(=O)O[C@@]21c1cccc2ccccc12. The maximum Gasteiger partial charge on any atom is 0.307 e. The summed E-state index contributed by atoms with van der Waals surface area (Å²) in [6, 6.07) is 14.4. The first kappa shape index (κ1) is 10.8. The van der Waals surface area contributed by atoms with Gasteiger partial charge in [0, 0.05) is 17.4 Å². The molecule has 2 heteroatoms. The number of rotatable bonds is 2. The van der Waals surface area contributed by atoms with Gasteiger partial charge in [-0.15, -0.1) is 6.58 Å². The van der Waals surface area contributed by atoms with Crippen molar-refractivity contribution in [1.29, 1.82) is 0 Å². The summed E-state index contributed by atoms with van der Waals surface area (Å²) >= 11 is 0. The third-order valence-corrected chi connectivity index (χ3v) is 4.50. The number of fused-ring (bicyclic) bond motifs is 2. The molecule has 3 atom stereocenters. The Balaban J connectivity index is 1.96. The van der Waals surface area contributed by atoms with E-state index in [0.29, 0.717) is 6.42 Å². The second-order valence-corrected chi connectivity index (χ2v) is 5.37. The Labute approximate surface area is 111 Å². The molecule has 1 aliphatic heterocycles. The van der Waals surface area contributed by atoms with Gasteiger partial charge in [-0.25, -0.2) is 0 Å². The van der Waals surface area contributed by atoms with Crippen LogP contribution in [0.15, 0.2) is 55.1 Å². The van der Waals surface area contributed by atoms with E-state index in [4.69, 9.17) is 4.74 Å². The average Bonchev–Trinajstić information content (AvgIpc) is 2.89. The summed E-state index contributed by atoms with van der Waals surface area (Å²) in [5.41, 5.74) is 0.686. The second kappa shape index (κ2) is 3.47. The molecule has 0 amide bonds. The standard InChI is InChI=1S/C17H14O2/c1-2-13-15-10-16(18)19-17(13,15)14-9-5-7-11-6-3-4-8-12(11)14/h2-9,13,15H,1,10H2/t13-,15?,17-/m0/s1. The molecule has 1 saturated carbocycles. The van der Waals surface area contributed by atoms with E-state index in [9.17, 15) is 4.79 Å². The molecule has 19 heavy (non-hydrogen) atoms. The van der Waals surface area contributed by atoms with Crippen LogP contribution >= 0.6 is 0 Å². The Bertz CT molecular complexity index is 698. The van der Waals surface area contributed by atoms with Gasteiger partial charge >= 0.3 is 5.97 Å². The number of esters is 1. The molecule has 0 bridgehead atoms. The molecule has 0 N–H and O–H groups in total. The van der Waals surface area contributed by atoms with E-state index in [1.54, 1.807) is 0 Å². The van der Waals surface area contributed by atoms with Crippen molar-refractivity contribution in [1.82, 2.24) is 0 Å². The van der Waals surface area contributed by atoms with E-state index in [-0.39, 0.29) is 17.8 Å². The van der Waals surface area contributed by atoms with Crippen LogP contribution in [0.1, 0.15) is 12.0 Å². The Hall–Kier alpha value is -2.09. The van der Waals surface area contributed by atoms with Crippen LogP contribution < -0.4 is 0 Å². The first-order chi connectivity index (χ1) is 9.27. The monoisotopic (exact) mass is 250 g/mol. The van der Waals surface area contributed by atoms with Crippen molar-refractivity contribution >= 4 is 16.7 Å². The Kier molecular flexibility index (Phi) is 1.97. The van der Waals surface area contributed by atoms with Crippen molar-refractivity contribution in [2.24, 2.45) is 11.8 Å². The normalized spacial score (nSPS) is 31.9. The maximum atomic E-state index is 11.6. The third kappa shape index (κ3) is 1.24. The largest absolute Gasteiger partial charge is 0.453 e. The quantitative estimate of drug-likeness (QED) is 0.603. The van der Waals surface area contributed by atoms with Crippen LogP contribution in [0.25, 0.3) is 10.8 Å². The fraction of sp³-hybridized carbons (Fsp3) is 0.235. The zero-order valence-electron chi connectivity index (χ0n) is 10.5. The highest BCUT2D eigenvalue weighted by atomic mass is 16.6. The van der Waals surface area contributed by atoms with Crippen molar-refractivity contribution in [3.05, 3.63) is 60.7 Å². The van der Waals surface area contributed by atoms with Crippen LogP contribution in [0.2, 0.25) is 0 Å². The molecular weight excluding hydrogens is 236 g/mol. The molecule has 2 fully saturated rings. The van der Waals surface area contributed by atoms with Gasteiger partial charge in [-0.3, -0.25) is 4.79 Å². The van der Waals surface area contributed by atoms with Gasteiger partial charge in [0.2, 0.25) is 0 Å². The van der Waals surface area contributed by atoms with Crippen molar-refractivity contribution < 1.29 is 9.53 Å². The molecule has 2 nitrogen and oxygen atoms in total. The van der Waals surface area contributed by atoms with E-state index < -0.39 is 5.60 Å². The van der Waals surface area contributed by atoms with E-state index in [0.717, 1.165) is 5.56 Å². The zero-order chi connectivity index (χ0) is 13.0. The van der Waals surface area contributed by atoms with Crippen LogP contribution in [0.4, 0.5) is 0 Å². The Morgan fingerprint density at radius 1 is 1.21 bits per heavy atom. The molecule has 4 rings (SSSR count). The van der Waals surface area contributed by atoms with Gasteiger partial charge in [-0.05, 0) is 10.8 Å². The lowest BCUT2D eigenvalue weighted by Gasteiger charge is -2.17. The van der Waals surface area contributed by atoms with Gasteiger partial charge < -0.3 is 4.74 Å². The first-order valence-corrected chi connectivity index (χ1v) is 6.60. The number of hydrogen-bond donors (Lipinski definition) is 0. The summed E-state index contributed by atoms with van der Waals surface area (Å²) in [7, 11) is 0. The first-order valence-electron chi connectivity index (χ1n) is 6.60. The minimum Gasteiger partial charge on any atom is -0.453 e. The van der Waals surface area contributed by atoms with Gasteiger partial charge in [-0.2, -0.15) is 0 Å². The lowest BCUT2D eigenvalue weighted by atomic mass is 9.97. The van der Waals surface area contributed by atoms with Gasteiger partial charge in [0.05, 0.1) is 6.42 Å². The van der Waals surface area contributed by atoms with Gasteiger partial charge in [0.1, 0.15) is 5.60 Å². The number of carbonyl (C=O) groups is 1. The number of carbonyl (C=O) groups excluding carboxylic acids is 1. The molecule has 1 saturated heterocycles. The van der Waals surface area contributed by atoms with Gasteiger partial charge in [-0.1, -0.05) is 48.5 Å². The zero-order valence-corrected chi connectivity index (χ0v) is 10.5. The summed E-state index contributed by atoms with van der Waals surface area (Å²) in [5.74, 6) is 0.440. The summed E-state index contributed by atoms with van der Waals surface area (Å²) in [6.45, 7) is 3.89. The van der Waals surface area contributed by atoms with Crippen molar-refractivity contribution in [3.63, 3.8) is 0 Å². The number of benzene rings is 2. The van der Waals surface area contributed by atoms with Crippen LogP contribution in [0, 0.1) is 11.8 Å². The van der Waals surface area contributed by atoms with Crippen LogP contribution in [0.5, 0.6) is 0 Å². The van der Waals surface area contributed by atoms with Crippen LogP contribution in [-0.2, 0) is 15.1 Å². The fourth-order valence-corrected chi connectivity index (χ4v) is 3.63. The molecule has 0 spiro atoms. The van der Waals surface area contributed by atoms with E-state index in [2.05, 4.69) is 30.8 Å². The molecule has 1 unspecified atom stereocenters. The summed E-state index contributed by atoms with van der Waals surface area (Å²) in [6.07, 6.45) is 2.44. The molecular formula is C17H14O2. The number of ether oxygens (including phenoxy) is 1. The second-order valence-electron chi connectivity index (χ2n) is 5.37. The third-order valence-electron chi connectivity index (χ3n) is 4.50. The van der Waals surface area contributed by atoms with Crippen molar-refractivity contribution in [2.75, 3.05) is 0 Å². The number of hydrogen-bond acceptors (Lipinski definition) is 2. The van der Waals surface area contributed by atoms with Crippen molar-refractivity contribution in [2.45, 2.75) is 12.0 Å². The molecule has 0 aromatic heterocycles. The summed E-state index contributed by atoms with van der Waals surface area (Å²) < 4.78 is 5.71. The molecule has 2 aliphatic rings. The molecule has 1 aliphatic carbocycles. The van der Waals surface area contributed by atoms with E-state index in [1.807, 2.05) is 24.3 Å². The highest BCUT2D eigenvalue weighted by Gasteiger charge is 2.72. The average molecular weight is 250 g/mol. The van der Waals surface area contributed by atoms with Gasteiger partial charge in [0.15, 0.2) is 0 Å². The predicted molar refractivity (Wildman–Crippen MR) is 73.5 cm³/mol. The topological polar surface area (TPSA) is 26.3 Å². The summed E-state index contributed by atoms with van der Waals surface area (Å²) in [5, 5.41) is 2.36. The smallest absolute Gasteiger partial charge is 0.307 e. The summed E-state index contributed by atoms with van der Waals surface area (Å²) in [4.78, 5) is 11.6.